The summed E-state index contributed by atoms with van der Waals surface area (Å²) in [5, 5.41) is 11.1. The Morgan fingerprint density at radius 1 is 1.03 bits per heavy atom. The number of carbonyl (C=O) groups is 1. The number of ether oxygens (including phenoxy) is 4. The maximum Gasteiger partial charge on any atom is 0.231 e. The Labute approximate surface area is 219 Å². The number of methoxy groups -OCH3 is 2. The molecule has 5 rings (SSSR count). The van der Waals surface area contributed by atoms with Gasteiger partial charge in [0.25, 0.3) is 0 Å². The van der Waals surface area contributed by atoms with E-state index in [1.165, 1.54) is 38.8 Å². The van der Waals surface area contributed by atoms with E-state index in [9.17, 15) is 9.90 Å². The van der Waals surface area contributed by atoms with Crippen LogP contribution >= 0.6 is 0 Å². The average Bonchev–Trinajstić information content (AvgIpc) is 3.40. The van der Waals surface area contributed by atoms with Gasteiger partial charge in [0.05, 0.1) is 14.2 Å². The van der Waals surface area contributed by atoms with Crippen LogP contribution in [-0.2, 0) is 4.79 Å². The van der Waals surface area contributed by atoms with Crippen LogP contribution in [0.3, 0.4) is 0 Å². The third-order valence-corrected chi connectivity index (χ3v) is 7.91. The Morgan fingerprint density at radius 2 is 1.84 bits per heavy atom. The summed E-state index contributed by atoms with van der Waals surface area (Å²) in [4.78, 5) is 18.4. The second-order valence-electron chi connectivity index (χ2n) is 10.3. The maximum absolute atomic E-state index is 13.8. The van der Waals surface area contributed by atoms with Crippen molar-refractivity contribution in [2.75, 3.05) is 53.7 Å². The lowest BCUT2D eigenvalue weighted by molar-refractivity contribution is -0.133. The lowest BCUT2D eigenvalue weighted by atomic mass is 9.86. The molecule has 3 aliphatic rings. The van der Waals surface area contributed by atoms with Crippen molar-refractivity contribution in [3.05, 3.63) is 41.5 Å². The number of amides is 1. The van der Waals surface area contributed by atoms with E-state index >= 15 is 0 Å². The van der Waals surface area contributed by atoms with Gasteiger partial charge in [0.1, 0.15) is 17.2 Å². The molecule has 0 bridgehead atoms. The molecule has 37 heavy (non-hydrogen) atoms. The van der Waals surface area contributed by atoms with Gasteiger partial charge < -0.3 is 33.9 Å². The van der Waals surface area contributed by atoms with E-state index in [1.54, 1.807) is 26.4 Å². The molecule has 2 atom stereocenters. The van der Waals surface area contributed by atoms with Crippen molar-refractivity contribution in [1.82, 2.24) is 9.80 Å². The van der Waals surface area contributed by atoms with E-state index in [0.29, 0.717) is 34.5 Å². The Morgan fingerprint density at radius 3 is 2.62 bits per heavy atom. The smallest absolute Gasteiger partial charge is 0.231 e. The van der Waals surface area contributed by atoms with Crippen LogP contribution in [-0.4, -0.2) is 74.5 Å². The number of hydrogen-bond acceptors (Lipinski definition) is 7. The third kappa shape index (κ3) is 5.74. The summed E-state index contributed by atoms with van der Waals surface area (Å²) in [6.07, 6.45) is 6.29. The topological polar surface area (TPSA) is 80.7 Å². The Balaban J connectivity index is 1.40. The molecular weight excluding hydrogens is 472 g/mol. The first-order valence-corrected chi connectivity index (χ1v) is 13.4. The predicted octanol–water partition coefficient (Wildman–Crippen LogP) is 4.38. The third-order valence-electron chi connectivity index (χ3n) is 7.91. The van der Waals surface area contributed by atoms with Crippen LogP contribution in [0.15, 0.2) is 30.3 Å². The standard InChI is InChI=1S/C29H38N2O6/c1-34-22-14-24(32)29(27(15-22)35-2)23(21-8-9-25-26(13-21)37-19-36-25)16-28(33)31-12-6-7-20(18-31)17-30-10-4-3-5-11-30/h8-9,13-15,20,23,32H,3-7,10-12,16-19H2,1-2H3. The summed E-state index contributed by atoms with van der Waals surface area (Å²) < 4.78 is 22.1. The van der Waals surface area contributed by atoms with Gasteiger partial charge >= 0.3 is 0 Å². The van der Waals surface area contributed by atoms with Gasteiger partial charge in [-0.15, -0.1) is 0 Å². The molecule has 200 valence electrons. The van der Waals surface area contributed by atoms with Gasteiger partial charge in [-0.3, -0.25) is 4.79 Å². The predicted molar refractivity (Wildman–Crippen MR) is 140 cm³/mol. The van der Waals surface area contributed by atoms with Gasteiger partial charge in [-0.1, -0.05) is 12.5 Å². The average molecular weight is 511 g/mol. The number of carbonyl (C=O) groups excluding carboxylic acids is 1. The number of fused-ring (bicyclic) bond motifs is 1. The van der Waals surface area contributed by atoms with Crippen molar-refractivity contribution < 1.29 is 28.8 Å². The van der Waals surface area contributed by atoms with Gasteiger partial charge in [0, 0.05) is 49.7 Å². The fourth-order valence-corrected chi connectivity index (χ4v) is 5.99. The normalized spacial score (nSPS) is 20.5. The molecule has 1 N–H and O–H groups in total. The molecule has 2 unspecified atom stereocenters. The van der Waals surface area contributed by atoms with E-state index in [1.807, 2.05) is 23.1 Å². The molecule has 0 spiro atoms. The van der Waals surface area contributed by atoms with E-state index in [2.05, 4.69) is 4.90 Å². The minimum absolute atomic E-state index is 0.0355. The highest BCUT2D eigenvalue weighted by molar-refractivity contribution is 5.78. The van der Waals surface area contributed by atoms with Crippen molar-refractivity contribution >= 4 is 5.91 Å². The molecule has 3 aliphatic heterocycles. The lowest BCUT2D eigenvalue weighted by Gasteiger charge is -2.37. The minimum Gasteiger partial charge on any atom is -0.507 e. The second-order valence-corrected chi connectivity index (χ2v) is 10.3. The monoisotopic (exact) mass is 510 g/mol. The van der Waals surface area contributed by atoms with Gasteiger partial charge in [0.2, 0.25) is 12.7 Å². The molecular formula is C29H38N2O6. The fraction of sp³-hybridized carbons (Fsp3) is 0.552. The zero-order chi connectivity index (χ0) is 25.8. The summed E-state index contributed by atoms with van der Waals surface area (Å²) >= 11 is 0. The van der Waals surface area contributed by atoms with Gasteiger partial charge in [-0.2, -0.15) is 0 Å². The molecule has 0 radical (unpaired) electrons. The van der Waals surface area contributed by atoms with Crippen LogP contribution in [0.2, 0.25) is 0 Å². The SMILES string of the molecule is COc1cc(O)c(C(CC(=O)N2CCCC(CN3CCCCC3)C2)c2ccc3c(c2)OCO3)c(OC)c1. The molecule has 3 heterocycles. The zero-order valence-corrected chi connectivity index (χ0v) is 21.9. The summed E-state index contributed by atoms with van der Waals surface area (Å²) in [6, 6.07) is 9.01. The number of likely N-dealkylation sites (tertiary alicyclic amines) is 2. The molecule has 0 aliphatic carbocycles. The Kier molecular flexibility index (Phi) is 7.93. The minimum atomic E-state index is -0.426. The number of rotatable bonds is 8. The van der Waals surface area contributed by atoms with Crippen LogP contribution in [0.25, 0.3) is 0 Å². The quantitative estimate of drug-likeness (QED) is 0.564. The number of benzene rings is 2. The highest BCUT2D eigenvalue weighted by Crippen LogP contribution is 2.45. The number of nitrogens with zero attached hydrogens (tertiary/aromatic N) is 2. The number of phenols is 1. The first-order chi connectivity index (χ1) is 18.1. The van der Waals surface area contributed by atoms with Crippen LogP contribution < -0.4 is 18.9 Å². The Bertz CT molecular complexity index is 1100. The molecule has 1 amide bonds. The molecule has 2 saturated heterocycles. The largest absolute Gasteiger partial charge is 0.507 e. The number of aromatic hydroxyl groups is 1. The number of phenolic OH excluding ortho intramolecular Hbond substituents is 1. The van der Waals surface area contributed by atoms with Crippen molar-refractivity contribution in [2.45, 2.75) is 44.4 Å². The van der Waals surface area contributed by atoms with Crippen molar-refractivity contribution in [3.8, 4) is 28.7 Å². The van der Waals surface area contributed by atoms with Crippen LogP contribution in [0.4, 0.5) is 0 Å². The summed E-state index contributed by atoms with van der Waals surface area (Å²) in [5.41, 5.74) is 1.43. The number of piperidine rings is 2. The van der Waals surface area contributed by atoms with Crippen LogP contribution in [0, 0.1) is 5.92 Å². The molecule has 0 saturated carbocycles. The molecule has 2 aromatic rings. The molecule has 0 aromatic heterocycles. The van der Waals surface area contributed by atoms with E-state index in [-0.39, 0.29) is 24.9 Å². The molecule has 8 nitrogen and oxygen atoms in total. The van der Waals surface area contributed by atoms with Crippen LogP contribution in [0.1, 0.15) is 55.6 Å². The summed E-state index contributed by atoms with van der Waals surface area (Å²) in [7, 11) is 3.11. The van der Waals surface area contributed by atoms with Gasteiger partial charge in [-0.05, 0) is 62.4 Å². The Hall–Kier alpha value is -3.13. The first kappa shape index (κ1) is 25.5. The lowest BCUT2D eigenvalue weighted by Crippen LogP contribution is -2.45. The molecule has 2 fully saturated rings. The zero-order valence-electron chi connectivity index (χ0n) is 21.9. The highest BCUT2D eigenvalue weighted by atomic mass is 16.7. The van der Waals surface area contributed by atoms with E-state index in [4.69, 9.17) is 18.9 Å². The molecule has 2 aromatic carbocycles. The van der Waals surface area contributed by atoms with Gasteiger partial charge in [0.15, 0.2) is 11.5 Å². The van der Waals surface area contributed by atoms with Crippen molar-refractivity contribution in [1.29, 1.82) is 0 Å². The summed E-state index contributed by atoms with van der Waals surface area (Å²) in [5.74, 6) is 2.49. The highest BCUT2D eigenvalue weighted by Gasteiger charge is 2.31. The number of hydrogen-bond donors (Lipinski definition) is 1. The molecule has 8 heteroatoms. The van der Waals surface area contributed by atoms with Crippen molar-refractivity contribution in [2.24, 2.45) is 5.92 Å². The maximum atomic E-state index is 13.8. The van der Waals surface area contributed by atoms with Gasteiger partial charge in [-0.25, -0.2) is 0 Å². The fourth-order valence-electron chi connectivity index (χ4n) is 5.99. The van der Waals surface area contributed by atoms with E-state index < -0.39 is 5.92 Å². The van der Waals surface area contributed by atoms with E-state index in [0.717, 1.165) is 31.6 Å². The van der Waals surface area contributed by atoms with Crippen molar-refractivity contribution in [3.63, 3.8) is 0 Å². The first-order valence-electron chi connectivity index (χ1n) is 13.4. The van der Waals surface area contributed by atoms with Crippen LogP contribution in [0.5, 0.6) is 28.7 Å². The summed E-state index contributed by atoms with van der Waals surface area (Å²) in [6.45, 7) is 5.15. The second kappa shape index (κ2) is 11.5.